The van der Waals surface area contributed by atoms with Crippen molar-refractivity contribution in [3.8, 4) is 0 Å². The van der Waals surface area contributed by atoms with Crippen LogP contribution in [-0.4, -0.2) is 21.6 Å². The average molecular weight is 369 g/mol. The van der Waals surface area contributed by atoms with Crippen molar-refractivity contribution in [3.05, 3.63) is 75.7 Å². The molecule has 0 aromatic heterocycles. The molecule has 1 atom stereocenters. The van der Waals surface area contributed by atoms with Crippen LogP contribution in [0.5, 0.6) is 0 Å². The maximum Gasteiger partial charge on any atom is 0.271 e. The number of amides is 2. The summed E-state index contributed by atoms with van der Waals surface area (Å²) in [4.78, 5) is 36.0. The first-order valence-electron chi connectivity index (χ1n) is 8.16. The number of carbonyl (C=O) groups is 2. The first-order chi connectivity index (χ1) is 12.9. The summed E-state index contributed by atoms with van der Waals surface area (Å²) in [6.07, 6.45) is 3.27. The Kier molecular flexibility index (Phi) is 4.98. The Hall–Kier alpha value is -3.55. The Balaban J connectivity index is 1.84. The van der Waals surface area contributed by atoms with Gasteiger partial charge >= 0.3 is 0 Å². The zero-order valence-corrected chi connectivity index (χ0v) is 14.4. The fraction of sp³-hybridized carbons (Fsp3) is 0.158. The van der Waals surface area contributed by atoms with Gasteiger partial charge in [0.15, 0.2) is 0 Å². The second kappa shape index (κ2) is 7.36. The third-order valence-electron chi connectivity index (χ3n) is 4.28. The van der Waals surface area contributed by atoms with Gasteiger partial charge in [0.05, 0.1) is 23.1 Å². The topological polar surface area (TPSA) is 92.6 Å². The summed E-state index contributed by atoms with van der Waals surface area (Å²) >= 11 is 0. The van der Waals surface area contributed by atoms with Gasteiger partial charge in [0, 0.05) is 25.3 Å². The van der Waals surface area contributed by atoms with Gasteiger partial charge in [-0.2, -0.15) is 0 Å². The van der Waals surface area contributed by atoms with Crippen LogP contribution >= 0.6 is 0 Å². The van der Waals surface area contributed by atoms with E-state index in [2.05, 4.69) is 5.32 Å². The molecule has 0 saturated carbocycles. The molecule has 1 unspecified atom stereocenters. The van der Waals surface area contributed by atoms with Crippen LogP contribution in [0, 0.1) is 15.9 Å². The lowest BCUT2D eigenvalue weighted by atomic mass is 9.93. The molecule has 7 nitrogen and oxygen atoms in total. The third kappa shape index (κ3) is 3.84. The average Bonchev–Trinajstić information content (AvgIpc) is 2.63. The van der Waals surface area contributed by atoms with Crippen LogP contribution in [0.2, 0.25) is 0 Å². The van der Waals surface area contributed by atoms with Crippen molar-refractivity contribution in [2.45, 2.75) is 19.4 Å². The van der Waals surface area contributed by atoms with Gasteiger partial charge in [-0.05, 0) is 23.3 Å². The van der Waals surface area contributed by atoms with Crippen molar-refractivity contribution in [1.82, 2.24) is 4.90 Å². The molecule has 0 radical (unpaired) electrons. The molecule has 0 spiro atoms. The molecule has 1 aliphatic heterocycles. The van der Waals surface area contributed by atoms with Crippen LogP contribution in [0.15, 0.2) is 48.7 Å². The Morgan fingerprint density at radius 2 is 2.00 bits per heavy atom. The molecule has 2 aromatic rings. The van der Waals surface area contributed by atoms with Crippen LogP contribution in [-0.2, 0) is 9.59 Å². The second-order valence-corrected chi connectivity index (χ2v) is 6.06. The first-order valence-corrected chi connectivity index (χ1v) is 8.16. The molecule has 2 amide bonds. The van der Waals surface area contributed by atoms with E-state index in [9.17, 15) is 24.1 Å². The molecular weight excluding hydrogens is 353 g/mol. The SMILES string of the molecule is CC(=O)N1C=Cc2ccccc2C1CC(=O)Nc1cc([N+](=O)[O-])ccc1F. The number of nitro benzene ring substituents is 1. The van der Waals surface area contributed by atoms with Crippen molar-refractivity contribution in [2.24, 2.45) is 0 Å². The van der Waals surface area contributed by atoms with Gasteiger partial charge in [0.2, 0.25) is 11.8 Å². The summed E-state index contributed by atoms with van der Waals surface area (Å²) in [5, 5.41) is 13.2. The van der Waals surface area contributed by atoms with E-state index in [0.29, 0.717) is 0 Å². The number of nitro groups is 1. The van der Waals surface area contributed by atoms with Crippen molar-refractivity contribution in [1.29, 1.82) is 0 Å². The van der Waals surface area contributed by atoms with Gasteiger partial charge in [0.1, 0.15) is 5.82 Å². The molecule has 3 rings (SSSR count). The Morgan fingerprint density at radius 1 is 1.26 bits per heavy atom. The number of halogens is 1. The smallest absolute Gasteiger partial charge is 0.271 e. The summed E-state index contributed by atoms with van der Waals surface area (Å²) in [7, 11) is 0. The Morgan fingerprint density at radius 3 is 2.70 bits per heavy atom. The molecular formula is C19H16FN3O4. The van der Waals surface area contributed by atoms with Crippen LogP contribution in [0.25, 0.3) is 6.08 Å². The van der Waals surface area contributed by atoms with Crippen molar-refractivity contribution in [2.75, 3.05) is 5.32 Å². The summed E-state index contributed by atoms with van der Waals surface area (Å²) < 4.78 is 13.9. The number of benzene rings is 2. The minimum Gasteiger partial charge on any atom is -0.323 e. The molecule has 0 aliphatic carbocycles. The fourth-order valence-electron chi connectivity index (χ4n) is 3.01. The molecule has 0 bridgehead atoms. The van der Waals surface area contributed by atoms with E-state index in [-0.39, 0.29) is 23.7 Å². The molecule has 8 heteroatoms. The predicted octanol–water partition coefficient (Wildman–Crippen LogP) is 3.64. The van der Waals surface area contributed by atoms with Gasteiger partial charge in [-0.3, -0.25) is 19.7 Å². The quantitative estimate of drug-likeness (QED) is 0.658. The van der Waals surface area contributed by atoms with E-state index in [1.54, 1.807) is 18.3 Å². The zero-order valence-electron chi connectivity index (χ0n) is 14.4. The highest BCUT2D eigenvalue weighted by Gasteiger charge is 2.28. The van der Waals surface area contributed by atoms with E-state index in [0.717, 1.165) is 29.3 Å². The number of hydrogen-bond acceptors (Lipinski definition) is 4. The molecule has 0 saturated heterocycles. The maximum atomic E-state index is 13.9. The monoisotopic (exact) mass is 369 g/mol. The molecule has 27 heavy (non-hydrogen) atoms. The van der Waals surface area contributed by atoms with Gasteiger partial charge in [-0.1, -0.05) is 24.3 Å². The van der Waals surface area contributed by atoms with E-state index in [1.807, 2.05) is 18.2 Å². The molecule has 1 heterocycles. The number of anilines is 1. The van der Waals surface area contributed by atoms with Crippen LogP contribution in [0.3, 0.4) is 0 Å². The van der Waals surface area contributed by atoms with Crippen molar-refractivity contribution in [3.63, 3.8) is 0 Å². The Labute approximate surface area is 154 Å². The van der Waals surface area contributed by atoms with Crippen LogP contribution < -0.4 is 5.32 Å². The van der Waals surface area contributed by atoms with Crippen molar-refractivity contribution < 1.29 is 18.9 Å². The highest BCUT2D eigenvalue weighted by Crippen LogP contribution is 2.33. The molecule has 138 valence electrons. The summed E-state index contributed by atoms with van der Waals surface area (Å²) in [5.74, 6) is -1.57. The van der Waals surface area contributed by atoms with Crippen LogP contribution in [0.4, 0.5) is 15.8 Å². The highest BCUT2D eigenvalue weighted by atomic mass is 19.1. The van der Waals surface area contributed by atoms with E-state index in [1.165, 1.54) is 11.8 Å². The first kappa shape index (κ1) is 18.2. The van der Waals surface area contributed by atoms with Crippen molar-refractivity contribution >= 4 is 29.3 Å². The standard InChI is InChI=1S/C19H16FN3O4/c1-12(24)22-9-8-13-4-2-3-5-15(13)18(22)11-19(25)21-17-10-14(23(26)27)6-7-16(17)20/h2-10,18H,11H2,1H3,(H,21,25). The maximum absolute atomic E-state index is 13.9. The minimum absolute atomic E-state index is 0.122. The van der Waals surface area contributed by atoms with E-state index < -0.39 is 22.7 Å². The summed E-state index contributed by atoms with van der Waals surface area (Å²) in [6.45, 7) is 1.39. The van der Waals surface area contributed by atoms with Gasteiger partial charge in [-0.25, -0.2) is 4.39 Å². The number of rotatable bonds is 4. The summed E-state index contributed by atoms with van der Waals surface area (Å²) in [6, 6.07) is 9.70. The van der Waals surface area contributed by atoms with E-state index in [4.69, 9.17) is 0 Å². The fourth-order valence-corrected chi connectivity index (χ4v) is 3.01. The Bertz CT molecular complexity index is 958. The lowest BCUT2D eigenvalue weighted by Crippen LogP contribution is -2.33. The number of non-ortho nitro benzene ring substituents is 1. The number of nitrogens with one attached hydrogen (secondary N) is 1. The van der Waals surface area contributed by atoms with Gasteiger partial charge < -0.3 is 10.2 Å². The lowest BCUT2D eigenvalue weighted by Gasteiger charge is -2.32. The number of fused-ring (bicyclic) bond motifs is 1. The largest absolute Gasteiger partial charge is 0.323 e. The molecule has 2 aromatic carbocycles. The summed E-state index contributed by atoms with van der Waals surface area (Å²) in [5.41, 5.74) is 1.07. The normalized spacial score (nSPS) is 15.2. The predicted molar refractivity (Wildman–Crippen MR) is 97.0 cm³/mol. The minimum atomic E-state index is -0.777. The number of carbonyl (C=O) groups excluding carboxylic acids is 2. The highest BCUT2D eigenvalue weighted by molar-refractivity contribution is 5.92. The molecule has 1 N–H and O–H groups in total. The zero-order chi connectivity index (χ0) is 19.6. The number of nitrogens with zero attached hydrogens (tertiary/aromatic N) is 2. The van der Waals surface area contributed by atoms with Crippen LogP contribution in [0.1, 0.15) is 30.5 Å². The third-order valence-corrected chi connectivity index (χ3v) is 4.28. The lowest BCUT2D eigenvalue weighted by molar-refractivity contribution is -0.384. The molecule has 0 fully saturated rings. The van der Waals surface area contributed by atoms with Gasteiger partial charge in [-0.15, -0.1) is 0 Å². The number of hydrogen-bond donors (Lipinski definition) is 1. The van der Waals surface area contributed by atoms with Gasteiger partial charge in [0.25, 0.3) is 5.69 Å². The second-order valence-electron chi connectivity index (χ2n) is 6.06. The molecule has 1 aliphatic rings. The van der Waals surface area contributed by atoms with E-state index >= 15 is 0 Å².